The molecule has 2 N–H and O–H groups in total. The maximum Gasteiger partial charge on any atom is 0.239 e. The first kappa shape index (κ1) is 14.6. The number of rotatable bonds is 5. The van der Waals surface area contributed by atoms with Gasteiger partial charge in [0.2, 0.25) is 11.0 Å². The number of thioether (sulfide) groups is 1. The fourth-order valence-corrected chi connectivity index (χ4v) is 2.74. The predicted molar refractivity (Wildman–Crippen MR) is 80.6 cm³/mol. The third-order valence-corrected chi connectivity index (χ3v) is 4.24. The number of nitrogens with zero attached hydrogens (tertiary/aromatic N) is 5. The van der Waals surface area contributed by atoms with Crippen molar-refractivity contribution in [3.8, 4) is 11.4 Å². The van der Waals surface area contributed by atoms with Gasteiger partial charge in [-0.25, -0.2) is 4.68 Å². The van der Waals surface area contributed by atoms with Gasteiger partial charge in [-0.05, 0) is 19.9 Å². The van der Waals surface area contributed by atoms with Gasteiger partial charge in [-0.2, -0.15) is 4.98 Å². The van der Waals surface area contributed by atoms with Crippen LogP contribution >= 0.6 is 11.8 Å². The van der Waals surface area contributed by atoms with Crippen LogP contribution in [0.3, 0.4) is 0 Å². The van der Waals surface area contributed by atoms with E-state index in [0.717, 1.165) is 17.7 Å². The molecular weight excluding hydrogens is 304 g/mol. The Labute approximate surface area is 131 Å². The number of hydrogen-bond donors (Lipinski definition) is 1. The highest BCUT2D eigenvalue weighted by atomic mass is 32.2. The topological polar surface area (TPSA) is 109 Å². The minimum atomic E-state index is -0.0717. The second-order valence-electron chi connectivity index (χ2n) is 4.73. The Hall–Kier alpha value is -2.29. The third kappa shape index (κ3) is 2.59. The molecule has 3 rings (SSSR count). The summed E-state index contributed by atoms with van der Waals surface area (Å²) in [5, 5.41) is 12.6. The van der Waals surface area contributed by atoms with Gasteiger partial charge in [0.1, 0.15) is 5.76 Å². The molecule has 0 saturated heterocycles. The van der Waals surface area contributed by atoms with E-state index in [0.29, 0.717) is 22.7 Å². The van der Waals surface area contributed by atoms with Gasteiger partial charge < -0.3 is 14.8 Å². The van der Waals surface area contributed by atoms with E-state index in [1.54, 1.807) is 6.26 Å². The van der Waals surface area contributed by atoms with Crippen LogP contribution in [-0.2, 0) is 6.42 Å². The van der Waals surface area contributed by atoms with Crippen LogP contribution in [0.1, 0.15) is 36.6 Å². The fourth-order valence-electron chi connectivity index (χ4n) is 1.94. The lowest BCUT2D eigenvalue weighted by atomic mass is 10.2. The summed E-state index contributed by atoms with van der Waals surface area (Å²) >= 11 is 1.41. The predicted octanol–water partition coefficient (Wildman–Crippen LogP) is 2.36. The van der Waals surface area contributed by atoms with E-state index >= 15 is 0 Å². The lowest BCUT2D eigenvalue weighted by molar-refractivity contribution is 0.375. The van der Waals surface area contributed by atoms with Crippen molar-refractivity contribution in [3.63, 3.8) is 0 Å². The van der Waals surface area contributed by atoms with Crippen LogP contribution in [0, 0.1) is 6.92 Å². The fraction of sp³-hybridized carbons (Fsp3) is 0.385. The molecule has 0 fully saturated rings. The van der Waals surface area contributed by atoms with Gasteiger partial charge in [-0.1, -0.05) is 23.8 Å². The summed E-state index contributed by atoms with van der Waals surface area (Å²) in [4.78, 5) is 4.31. The Morgan fingerprint density at radius 3 is 2.86 bits per heavy atom. The summed E-state index contributed by atoms with van der Waals surface area (Å²) in [5.41, 5.74) is 0.820. The summed E-state index contributed by atoms with van der Waals surface area (Å²) < 4.78 is 11.9. The highest BCUT2D eigenvalue weighted by Gasteiger charge is 2.21. The molecule has 0 aliphatic heterocycles. The van der Waals surface area contributed by atoms with Crippen LogP contribution < -0.4 is 5.84 Å². The number of aryl methyl sites for hydroxylation is 2. The molecule has 1 unspecified atom stereocenters. The van der Waals surface area contributed by atoms with E-state index in [9.17, 15) is 0 Å². The minimum absolute atomic E-state index is 0.0717. The van der Waals surface area contributed by atoms with Crippen molar-refractivity contribution in [2.75, 3.05) is 5.84 Å². The van der Waals surface area contributed by atoms with Crippen molar-refractivity contribution in [2.24, 2.45) is 0 Å². The zero-order chi connectivity index (χ0) is 15.7. The van der Waals surface area contributed by atoms with E-state index < -0.39 is 0 Å². The minimum Gasteiger partial charge on any atom is -0.469 e. The summed E-state index contributed by atoms with van der Waals surface area (Å²) in [6.07, 6.45) is 2.33. The maximum absolute atomic E-state index is 6.08. The van der Waals surface area contributed by atoms with E-state index in [1.807, 2.05) is 26.8 Å². The molecular formula is C13H16N6O2S. The van der Waals surface area contributed by atoms with E-state index in [-0.39, 0.29) is 5.25 Å². The van der Waals surface area contributed by atoms with Crippen molar-refractivity contribution in [3.05, 3.63) is 29.8 Å². The molecule has 1 atom stereocenters. The Balaban J connectivity index is 1.81. The molecule has 9 heteroatoms. The van der Waals surface area contributed by atoms with Gasteiger partial charge >= 0.3 is 0 Å². The number of nitrogen functional groups attached to an aromatic ring is 1. The molecule has 0 aliphatic carbocycles. The zero-order valence-corrected chi connectivity index (χ0v) is 13.3. The maximum atomic E-state index is 6.08. The number of hydrogen-bond acceptors (Lipinski definition) is 8. The number of aromatic nitrogens is 5. The molecule has 0 aliphatic rings. The van der Waals surface area contributed by atoms with Gasteiger partial charge in [-0.3, -0.25) is 0 Å². The van der Waals surface area contributed by atoms with Crippen molar-refractivity contribution in [1.82, 2.24) is 25.0 Å². The van der Waals surface area contributed by atoms with Crippen LogP contribution in [0.25, 0.3) is 11.4 Å². The quantitative estimate of drug-likeness (QED) is 0.563. The average molecular weight is 320 g/mol. The van der Waals surface area contributed by atoms with Crippen molar-refractivity contribution in [2.45, 2.75) is 37.6 Å². The average Bonchev–Trinajstić information content (AvgIpc) is 3.21. The molecule has 0 bridgehead atoms. The van der Waals surface area contributed by atoms with Crippen molar-refractivity contribution in [1.29, 1.82) is 0 Å². The summed E-state index contributed by atoms with van der Waals surface area (Å²) in [6, 6.07) is 1.81. The van der Waals surface area contributed by atoms with Crippen LogP contribution in [0.4, 0.5) is 0 Å². The first-order valence-corrected chi connectivity index (χ1v) is 7.72. The first-order chi connectivity index (χ1) is 10.6. The highest BCUT2D eigenvalue weighted by molar-refractivity contribution is 7.99. The molecule has 0 radical (unpaired) electrons. The highest BCUT2D eigenvalue weighted by Crippen LogP contribution is 2.34. The Morgan fingerprint density at radius 1 is 1.41 bits per heavy atom. The Morgan fingerprint density at radius 2 is 2.23 bits per heavy atom. The third-order valence-electron chi connectivity index (χ3n) is 3.19. The van der Waals surface area contributed by atoms with E-state index in [4.69, 9.17) is 14.8 Å². The van der Waals surface area contributed by atoms with Gasteiger partial charge in [-0.15, -0.1) is 10.2 Å². The standard InChI is InChI=1S/C13H16N6O2S/c1-4-10-15-12(21-18-10)8(3)22-13-17-16-11(19(13)14)9-5-6-20-7(9)2/h5-6,8H,4,14H2,1-3H3. The molecule has 0 saturated carbocycles. The molecule has 3 heterocycles. The van der Waals surface area contributed by atoms with Crippen LogP contribution in [0.15, 0.2) is 26.4 Å². The summed E-state index contributed by atoms with van der Waals surface area (Å²) in [6.45, 7) is 5.78. The van der Waals surface area contributed by atoms with Crippen LogP contribution in [-0.4, -0.2) is 25.0 Å². The number of furan rings is 1. The van der Waals surface area contributed by atoms with Crippen molar-refractivity contribution >= 4 is 11.8 Å². The number of nitrogens with two attached hydrogens (primary N) is 1. The molecule has 3 aromatic rings. The largest absolute Gasteiger partial charge is 0.469 e. The molecule has 0 spiro atoms. The Kier molecular flexibility index (Phi) is 3.88. The smallest absolute Gasteiger partial charge is 0.239 e. The molecule has 3 aromatic heterocycles. The second kappa shape index (κ2) is 5.84. The SMILES string of the molecule is CCc1noc(C(C)Sc2nnc(-c3ccoc3C)n2N)n1. The van der Waals surface area contributed by atoms with Crippen LogP contribution in [0.5, 0.6) is 0 Å². The van der Waals surface area contributed by atoms with Gasteiger partial charge in [0, 0.05) is 6.42 Å². The van der Waals surface area contributed by atoms with Gasteiger partial charge in [0.05, 0.1) is 17.1 Å². The molecule has 0 amide bonds. The monoisotopic (exact) mass is 320 g/mol. The molecule has 0 aromatic carbocycles. The van der Waals surface area contributed by atoms with Gasteiger partial charge in [0.25, 0.3) is 0 Å². The molecule has 8 nitrogen and oxygen atoms in total. The Bertz CT molecular complexity index is 777. The van der Waals surface area contributed by atoms with Gasteiger partial charge in [0.15, 0.2) is 11.6 Å². The lowest BCUT2D eigenvalue weighted by Crippen LogP contribution is -2.12. The van der Waals surface area contributed by atoms with E-state index in [1.165, 1.54) is 16.4 Å². The first-order valence-electron chi connectivity index (χ1n) is 6.84. The molecule has 22 heavy (non-hydrogen) atoms. The summed E-state index contributed by atoms with van der Waals surface area (Å²) in [5.74, 6) is 8.62. The van der Waals surface area contributed by atoms with E-state index in [2.05, 4.69) is 20.3 Å². The lowest BCUT2D eigenvalue weighted by Gasteiger charge is -2.06. The molecule has 116 valence electrons. The zero-order valence-electron chi connectivity index (χ0n) is 12.5. The van der Waals surface area contributed by atoms with Crippen LogP contribution in [0.2, 0.25) is 0 Å². The normalized spacial score (nSPS) is 12.7. The second-order valence-corrected chi connectivity index (χ2v) is 6.04. The van der Waals surface area contributed by atoms with Crippen molar-refractivity contribution < 1.29 is 8.94 Å². The summed E-state index contributed by atoms with van der Waals surface area (Å²) in [7, 11) is 0.